The van der Waals surface area contributed by atoms with Crippen LogP contribution in [0.5, 0.6) is 0 Å². The van der Waals surface area contributed by atoms with Crippen LogP contribution in [0.4, 0.5) is 32.2 Å². The van der Waals surface area contributed by atoms with E-state index in [1.54, 1.807) is 0 Å². The maximum absolute atomic E-state index is 13.7. The molecule has 7 nitrogen and oxygen atoms in total. The van der Waals surface area contributed by atoms with Gasteiger partial charge in [-0.15, -0.1) is 5.10 Å². The predicted molar refractivity (Wildman–Crippen MR) is 161 cm³/mol. The third kappa shape index (κ3) is 8.71. The Labute approximate surface area is 258 Å². The summed E-state index contributed by atoms with van der Waals surface area (Å²) in [5, 5.41) is 14.6. The van der Waals surface area contributed by atoms with Gasteiger partial charge in [-0.1, -0.05) is 18.2 Å². The first-order valence-corrected chi connectivity index (χ1v) is 15.1. The van der Waals surface area contributed by atoms with Crippen molar-refractivity contribution in [1.82, 2.24) is 15.3 Å². The Morgan fingerprint density at radius 3 is 2.11 bits per heavy atom. The predicted octanol–water partition coefficient (Wildman–Crippen LogP) is 6.41. The number of halogens is 6. The number of anilines is 1. The van der Waals surface area contributed by atoms with Crippen LogP contribution in [0.3, 0.4) is 0 Å². The molecule has 1 atom stereocenters. The standard InChI is InChI=1S/C32H38F6N6O/c1-19-4-3-5-24-12-25(29(41-28(19)24)43(15-21-6-7-21)16-22-8-9-22)18-44(30(39)42-40-14-20(2)45)17-23-10-26(31(33,34)35)13-27(11-23)32(36,37)38/h3-5,10-13,20-22,40,45H,6-9,14-18H2,1-2H3,(H2,39,42). The van der Waals surface area contributed by atoms with Gasteiger partial charge >= 0.3 is 12.4 Å². The van der Waals surface area contributed by atoms with Gasteiger partial charge in [0, 0.05) is 37.1 Å². The molecular weight excluding hydrogens is 598 g/mol. The number of nitrogens with two attached hydrogens (primary N) is 1. The van der Waals surface area contributed by atoms with Crippen molar-refractivity contribution in [3.05, 3.63) is 70.3 Å². The Balaban J connectivity index is 1.58. The number of aryl methyl sites for hydroxylation is 1. The molecule has 244 valence electrons. The van der Waals surface area contributed by atoms with Crippen LogP contribution in [-0.2, 0) is 25.4 Å². The minimum Gasteiger partial charge on any atom is -0.392 e. The Morgan fingerprint density at radius 1 is 0.978 bits per heavy atom. The number of aromatic nitrogens is 1. The van der Waals surface area contributed by atoms with E-state index in [1.165, 1.54) is 11.8 Å². The van der Waals surface area contributed by atoms with Crippen LogP contribution < -0.4 is 16.1 Å². The second kappa shape index (κ2) is 12.9. The molecule has 2 aliphatic carbocycles. The number of aliphatic hydroxyl groups is 1. The minimum absolute atomic E-state index is 0.0152. The molecule has 1 heterocycles. The van der Waals surface area contributed by atoms with E-state index in [0.717, 1.165) is 66.6 Å². The van der Waals surface area contributed by atoms with Gasteiger partial charge in [-0.25, -0.2) is 4.98 Å². The summed E-state index contributed by atoms with van der Waals surface area (Å²) in [6.45, 7) is 4.79. The average Bonchev–Trinajstić information content (AvgIpc) is 3.88. The summed E-state index contributed by atoms with van der Waals surface area (Å²) in [5.74, 6) is 1.66. The quantitative estimate of drug-likeness (QED) is 0.0922. The number of guanidine groups is 1. The van der Waals surface area contributed by atoms with E-state index in [4.69, 9.17) is 10.7 Å². The lowest BCUT2D eigenvalue weighted by atomic mass is 10.0. The number of hydrazone groups is 1. The summed E-state index contributed by atoms with van der Waals surface area (Å²) in [6, 6.07) is 9.28. The summed E-state index contributed by atoms with van der Waals surface area (Å²) in [7, 11) is 0. The molecule has 3 aromatic rings. The van der Waals surface area contributed by atoms with Crippen LogP contribution in [0.2, 0.25) is 0 Å². The van der Waals surface area contributed by atoms with Crippen molar-refractivity contribution >= 4 is 22.7 Å². The molecule has 2 aromatic carbocycles. The Hall–Kier alpha value is -3.74. The van der Waals surface area contributed by atoms with Crippen molar-refractivity contribution in [3.8, 4) is 0 Å². The molecule has 2 aliphatic rings. The van der Waals surface area contributed by atoms with Gasteiger partial charge < -0.3 is 26.1 Å². The van der Waals surface area contributed by atoms with Gasteiger partial charge in [0.05, 0.1) is 29.3 Å². The minimum atomic E-state index is -4.99. The fourth-order valence-electron chi connectivity index (χ4n) is 5.33. The molecular formula is C32H38F6N6O. The molecule has 0 spiro atoms. The third-order valence-corrected chi connectivity index (χ3v) is 8.04. The molecule has 0 aliphatic heterocycles. The van der Waals surface area contributed by atoms with E-state index in [0.29, 0.717) is 24.0 Å². The Bertz CT molecular complexity index is 1480. The van der Waals surface area contributed by atoms with Gasteiger partial charge in [-0.2, -0.15) is 26.3 Å². The normalized spacial score (nSPS) is 16.6. The zero-order valence-corrected chi connectivity index (χ0v) is 25.2. The van der Waals surface area contributed by atoms with Gasteiger partial charge in [0.2, 0.25) is 5.96 Å². The monoisotopic (exact) mass is 636 g/mol. The van der Waals surface area contributed by atoms with Crippen LogP contribution in [0, 0.1) is 18.8 Å². The number of para-hydroxylation sites is 1. The summed E-state index contributed by atoms with van der Waals surface area (Å²) in [6.07, 6.45) is -6.24. The highest BCUT2D eigenvalue weighted by Gasteiger charge is 2.37. The molecule has 0 amide bonds. The molecule has 0 radical (unpaired) electrons. The molecule has 0 saturated heterocycles. The number of hydrogen-bond donors (Lipinski definition) is 3. The molecule has 45 heavy (non-hydrogen) atoms. The van der Waals surface area contributed by atoms with Gasteiger partial charge in [0.15, 0.2) is 0 Å². The van der Waals surface area contributed by atoms with E-state index in [1.807, 2.05) is 31.2 Å². The lowest BCUT2D eigenvalue weighted by Gasteiger charge is -2.30. The van der Waals surface area contributed by atoms with Crippen LogP contribution in [0.25, 0.3) is 10.9 Å². The average molecular weight is 637 g/mol. The molecule has 13 heteroatoms. The van der Waals surface area contributed by atoms with Crippen molar-refractivity contribution < 1.29 is 31.4 Å². The number of hydrogen-bond acceptors (Lipinski definition) is 5. The first-order valence-electron chi connectivity index (χ1n) is 15.1. The number of rotatable bonds is 12. The lowest BCUT2D eigenvalue weighted by molar-refractivity contribution is -0.143. The van der Waals surface area contributed by atoms with Crippen LogP contribution in [-0.4, -0.2) is 46.7 Å². The van der Waals surface area contributed by atoms with Crippen molar-refractivity contribution in [2.45, 2.75) is 71.1 Å². The van der Waals surface area contributed by atoms with Crippen LogP contribution in [0.15, 0.2) is 47.6 Å². The number of nitrogens with one attached hydrogen (secondary N) is 1. The van der Waals surface area contributed by atoms with E-state index < -0.39 is 36.1 Å². The van der Waals surface area contributed by atoms with Crippen molar-refractivity contribution in [1.29, 1.82) is 0 Å². The maximum atomic E-state index is 13.7. The van der Waals surface area contributed by atoms with E-state index in [-0.39, 0.29) is 30.7 Å². The number of pyridine rings is 1. The number of nitrogens with zero attached hydrogens (tertiary/aromatic N) is 4. The smallest absolute Gasteiger partial charge is 0.392 e. The molecule has 1 unspecified atom stereocenters. The molecule has 0 bridgehead atoms. The number of fused-ring (bicyclic) bond motifs is 1. The Kier molecular flexibility index (Phi) is 9.39. The zero-order chi connectivity index (χ0) is 32.5. The summed E-state index contributed by atoms with van der Waals surface area (Å²) < 4.78 is 82.1. The lowest BCUT2D eigenvalue weighted by Crippen LogP contribution is -2.39. The fourth-order valence-corrected chi connectivity index (χ4v) is 5.33. The Morgan fingerprint density at radius 2 is 1.58 bits per heavy atom. The first kappa shape index (κ1) is 32.6. The summed E-state index contributed by atoms with van der Waals surface area (Å²) in [5.41, 5.74) is 8.48. The summed E-state index contributed by atoms with van der Waals surface area (Å²) in [4.78, 5) is 8.81. The number of aliphatic hydroxyl groups excluding tert-OH is 1. The largest absolute Gasteiger partial charge is 0.416 e. The second-order valence-corrected chi connectivity index (χ2v) is 12.4. The molecule has 4 N–H and O–H groups in total. The van der Waals surface area contributed by atoms with Gasteiger partial charge in [0.25, 0.3) is 0 Å². The van der Waals surface area contributed by atoms with Gasteiger partial charge in [-0.3, -0.25) is 0 Å². The highest BCUT2D eigenvalue weighted by atomic mass is 19.4. The highest BCUT2D eigenvalue weighted by Crippen LogP contribution is 2.39. The second-order valence-electron chi connectivity index (χ2n) is 12.4. The molecule has 2 fully saturated rings. The van der Waals surface area contributed by atoms with Crippen LogP contribution in [0.1, 0.15) is 60.4 Å². The van der Waals surface area contributed by atoms with Crippen LogP contribution >= 0.6 is 0 Å². The van der Waals surface area contributed by atoms with Gasteiger partial charge in [0.1, 0.15) is 5.82 Å². The van der Waals surface area contributed by atoms with E-state index in [9.17, 15) is 31.4 Å². The highest BCUT2D eigenvalue weighted by molar-refractivity contribution is 5.85. The molecule has 2 saturated carbocycles. The maximum Gasteiger partial charge on any atom is 0.416 e. The van der Waals surface area contributed by atoms with Crippen molar-refractivity contribution in [3.63, 3.8) is 0 Å². The van der Waals surface area contributed by atoms with E-state index in [2.05, 4.69) is 15.4 Å². The van der Waals surface area contributed by atoms with Gasteiger partial charge in [-0.05, 0) is 86.8 Å². The SMILES string of the molecule is Cc1cccc2cc(CN(Cc3cc(C(F)(F)F)cc(C(F)(F)F)c3)/C(N)=N/NCC(C)O)c(N(CC3CC3)CC3CC3)nc12. The number of benzene rings is 2. The van der Waals surface area contributed by atoms with Crippen molar-refractivity contribution in [2.75, 3.05) is 24.5 Å². The topological polar surface area (TPSA) is 90.0 Å². The van der Waals surface area contributed by atoms with Crippen molar-refractivity contribution in [2.24, 2.45) is 22.7 Å². The molecule has 5 rings (SSSR count). The fraction of sp³-hybridized carbons (Fsp3) is 0.500. The number of alkyl halides is 6. The first-order chi connectivity index (χ1) is 21.2. The van der Waals surface area contributed by atoms with E-state index >= 15 is 0 Å². The zero-order valence-electron chi connectivity index (χ0n) is 25.2. The summed E-state index contributed by atoms with van der Waals surface area (Å²) >= 11 is 0. The third-order valence-electron chi connectivity index (χ3n) is 8.04. The molecule has 1 aromatic heterocycles.